The molecule has 1 aliphatic rings. The lowest BCUT2D eigenvalue weighted by molar-refractivity contribution is 0.0879. The van der Waals surface area contributed by atoms with Gasteiger partial charge in [-0.2, -0.15) is 12.7 Å². The number of nitrogens with one attached hydrogen (secondary N) is 2. The average Bonchev–Trinajstić information content (AvgIpc) is 2.70. The molecule has 0 bridgehead atoms. The Kier molecular flexibility index (Phi) is 4.26. The molecular formula is C12H16N4O4S. The van der Waals surface area contributed by atoms with Crippen LogP contribution in [0.3, 0.4) is 0 Å². The van der Waals surface area contributed by atoms with Crippen molar-refractivity contribution in [3.63, 3.8) is 0 Å². The van der Waals surface area contributed by atoms with Gasteiger partial charge in [0.25, 0.3) is 11.8 Å². The maximum absolute atomic E-state index is 12.1. The van der Waals surface area contributed by atoms with Gasteiger partial charge in [0.2, 0.25) is 0 Å². The number of benzene rings is 1. The third-order valence-corrected chi connectivity index (χ3v) is 4.57. The van der Waals surface area contributed by atoms with E-state index in [0.717, 1.165) is 4.31 Å². The fraction of sp³-hybridized carbons (Fsp3) is 0.333. The summed E-state index contributed by atoms with van der Waals surface area (Å²) in [6, 6.07) is 4.18. The van der Waals surface area contributed by atoms with Crippen LogP contribution in [-0.4, -0.2) is 44.7 Å². The molecule has 0 saturated heterocycles. The molecule has 21 heavy (non-hydrogen) atoms. The first-order valence-electron chi connectivity index (χ1n) is 6.29. The molecule has 114 valence electrons. The quantitative estimate of drug-likeness (QED) is 0.612. The molecule has 1 aromatic rings. The van der Waals surface area contributed by atoms with E-state index in [9.17, 15) is 18.0 Å². The number of anilines is 1. The summed E-state index contributed by atoms with van der Waals surface area (Å²) < 4.78 is 27.6. The van der Waals surface area contributed by atoms with Gasteiger partial charge in [-0.3, -0.25) is 19.6 Å². The number of carbonyl (C=O) groups is 2. The lowest BCUT2D eigenvalue weighted by atomic mass is 10.1. The van der Waals surface area contributed by atoms with E-state index in [-0.39, 0.29) is 23.4 Å². The highest BCUT2D eigenvalue weighted by atomic mass is 32.2. The lowest BCUT2D eigenvalue weighted by Crippen LogP contribution is -2.34. The number of imide groups is 1. The molecule has 0 atom stereocenters. The Morgan fingerprint density at radius 1 is 1.24 bits per heavy atom. The van der Waals surface area contributed by atoms with Crippen molar-refractivity contribution in [2.75, 3.05) is 24.9 Å². The van der Waals surface area contributed by atoms with Crippen LogP contribution in [0.4, 0.5) is 5.69 Å². The maximum atomic E-state index is 12.1. The van der Waals surface area contributed by atoms with Crippen molar-refractivity contribution >= 4 is 27.7 Å². The van der Waals surface area contributed by atoms with Gasteiger partial charge >= 0.3 is 10.2 Å². The van der Waals surface area contributed by atoms with Crippen LogP contribution < -0.4 is 15.8 Å². The van der Waals surface area contributed by atoms with Crippen LogP contribution in [0.25, 0.3) is 0 Å². The maximum Gasteiger partial charge on any atom is 0.301 e. The molecule has 2 rings (SSSR count). The van der Waals surface area contributed by atoms with Crippen LogP contribution in [0.1, 0.15) is 27.1 Å². The predicted molar refractivity (Wildman–Crippen MR) is 77.1 cm³/mol. The van der Waals surface area contributed by atoms with Crippen molar-refractivity contribution in [1.82, 2.24) is 9.62 Å². The fourth-order valence-corrected chi connectivity index (χ4v) is 2.84. The summed E-state index contributed by atoms with van der Waals surface area (Å²) in [7, 11) is -2.29. The van der Waals surface area contributed by atoms with Crippen LogP contribution in [0.5, 0.6) is 0 Å². The Morgan fingerprint density at radius 3 is 2.57 bits per heavy atom. The molecule has 4 N–H and O–H groups in total. The number of nitrogens with two attached hydrogens (primary N) is 1. The number of carbonyl (C=O) groups excluding carboxylic acids is 2. The Labute approximate surface area is 122 Å². The van der Waals surface area contributed by atoms with Crippen LogP contribution in [0.2, 0.25) is 0 Å². The van der Waals surface area contributed by atoms with E-state index >= 15 is 0 Å². The Bertz CT molecular complexity index is 686. The summed E-state index contributed by atoms with van der Waals surface area (Å²) in [5.74, 6) is -1.02. The van der Waals surface area contributed by atoms with E-state index in [1.165, 1.54) is 25.2 Å². The summed E-state index contributed by atoms with van der Waals surface area (Å²) in [5, 5.41) is 2.14. The van der Waals surface area contributed by atoms with Gasteiger partial charge in [-0.15, -0.1) is 0 Å². The Hall–Kier alpha value is -1.97. The molecule has 2 amide bonds. The van der Waals surface area contributed by atoms with Gasteiger partial charge in [0.1, 0.15) is 0 Å². The molecular weight excluding hydrogens is 296 g/mol. The number of nitrogens with zero attached hydrogens (tertiary/aromatic N) is 1. The normalized spacial score (nSPS) is 14.2. The van der Waals surface area contributed by atoms with E-state index < -0.39 is 22.0 Å². The first-order valence-corrected chi connectivity index (χ1v) is 7.73. The summed E-state index contributed by atoms with van der Waals surface area (Å²) in [4.78, 5) is 22.9. The summed E-state index contributed by atoms with van der Waals surface area (Å²) in [5.41, 5.74) is 5.96. The molecule has 1 aliphatic heterocycles. The highest BCUT2D eigenvalue weighted by molar-refractivity contribution is 7.90. The number of rotatable bonds is 6. The first-order chi connectivity index (χ1) is 9.85. The summed E-state index contributed by atoms with van der Waals surface area (Å²) in [6.07, 6.45) is 0.540. The van der Waals surface area contributed by atoms with E-state index in [1.54, 1.807) is 0 Å². The molecule has 1 aromatic carbocycles. The monoisotopic (exact) mass is 312 g/mol. The van der Waals surface area contributed by atoms with Gasteiger partial charge in [0.15, 0.2) is 0 Å². The average molecular weight is 312 g/mol. The molecule has 0 spiro atoms. The minimum absolute atomic E-state index is 0.157. The second kappa shape index (κ2) is 5.80. The van der Waals surface area contributed by atoms with Crippen molar-refractivity contribution in [3.05, 3.63) is 29.3 Å². The zero-order valence-electron chi connectivity index (χ0n) is 11.4. The molecule has 9 heteroatoms. The van der Waals surface area contributed by atoms with Gasteiger partial charge < -0.3 is 5.73 Å². The van der Waals surface area contributed by atoms with Crippen LogP contribution >= 0.6 is 0 Å². The van der Waals surface area contributed by atoms with Crippen LogP contribution in [0, 0.1) is 0 Å². The SMILES string of the molecule is CN(CCCN)S(=O)(=O)Nc1ccc2c(c1)C(=O)NC2=O. The number of hydrogen-bond acceptors (Lipinski definition) is 5. The zero-order valence-corrected chi connectivity index (χ0v) is 12.2. The highest BCUT2D eigenvalue weighted by Crippen LogP contribution is 2.21. The largest absolute Gasteiger partial charge is 0.330 e. The third kappa shape index (κ3) is 3.20. The number of amides is 2. The molecule has 0 radical (unpaired) electrons. The van der Waals surface area contributed by atoms with Gasteiger partial charge in [-0.1, -0.05) is 0 Å². The molecule has 0 aliphatic carbocycles. The van der Waals surface area contributed by atoms with Crippen LogP contribution in [0.15, 0.2) is 18.2 Å². The standard InChI is InChI=1S/C12H16N4O4S/c1-16(6-2-5-13)21(19,20)15-8-3-4-9-10(7-8)12(18)14-11(9)17/h3-4,7,15H,2,5-6,13H2,1H3,(H,14,17,18). The molecule has 8 nitrogen and oxygen atoms in total. The van der Waals surface area contributed by atoms with Gasteiger partial charge in [-0.25, -0.2) is 0 Å². The summed E-state index contributed by atoms with van der Waals surface area (Å²) in [6.45, 7) is 0.677. The molecule has 1 heterocycles. The fourth-order valence-electron chi connectivity index (χ4n) is 1.89. The van der Waals surface area contributed by atoms with E-state index in [1.807, 2.05) is 0 Å². The zero-order chi connectivity index (χ0) is 15.6. The molecule has 0 aromatic heterocycles. The smallest absolute Gasteiger partial charge is 0.301 e. The molecule has 0 unspecified atom stereocenters. The Balaban J connectivity index is 2.19. The minimum Gasteiger partial charge on any atom is -0.330 e. The lowest BCUT2D eigenvalue weighted by Gasteiger charge is -2.18. The van der Waals surface area contributed by atoms with Crippen molar-refractivity contribution in [2.24, 2.45) is 5.73 Å². The van der Waals surface area contributed by atoms with Crippen molar-refractivity contribution < 1.29 is 18.0 Å². The predicted octanol–water partition coefficient (Wildman–Crippen LogP) is -0.492. The third-order valence-electron chi connectivity index (χ3n) is 3.07. The van der Waals surface area contributed by atoms with Gasteiger partial charge in [-0.05, 0) is 31.2 Å². The number of fused-ring (bicyclic) bond motifs is 1. The molecule has 0 fully saturated rings. The van der Waals surface area contributed by atoms with Crippen LogP contribution in [-0.2, 0) is 10.2 Å². The van der Waals surface area contributed by atoms with E-state index in [0.29, 0.717) is 13.0 Å². The minimum atomic E-state index is -3.72. The van der Waals surface area contributed by atoms with Crippen molar-refractivity contribution in [1.29, 1.82) is 0 Å². The van der Waals surface area contributed by atoms with Gasteiger partial charge in [0, 0.05) is 13.6 Å². The first kappa shape index (κ1) is 15.4. The number of hydrogen-bond donors (Lipinski definition) is 3. The van der Waals surface area contributed by atoms with Crippen molar-refractivity contribution in [2.45, 2.75) is 6.42 Å². The van der Waals surface area contributed by atoms with E-state index in [4.69, 9.17) is 5.73 Å². The van der Waals surface area contributed by atoms with Gasteiger partial charge in [0.05, 0.1) is 16.8 Å². The topological polar surface area (TPSA) is 122 Å². The molecule has 0 saturated carbocycles. The summed E-state index contributed by atoms with van der Waals surface area (Å²) >= 11 is 0. The second-order valence-electron chi connectivity index (χ2n) is 4.61. The van der Waals surface area contributed by atoms with E-state index in [2.05, 4.69) is 10.0 Å². The second-order valence-corrected chi connectivity index (χ2v) is 6.39. The highest BCUT2D eigenvalue weighted by Gasteiger charge is 2.27. The van der Waals surface area contributed by atoms with Crippen molar-refractivity contribution in [3.8, 4) is 0 Å². The Morgan fingerprint density at radius 2 is 1.90 bits per heavy atom.